The number of benzene rings is 1. The molecule has 0 radical (unpaired) electrons. The van der Waals surface area contributed by atoms with E-state index in [4.69, 9.17) is 11.6 Å². The number of non-ortho nitro benzene ring substituents is 1. The molecular weight excluding hydrogens is 364 g/mol. The Balaban J connectivity index is 2.00. The van der Waals surface area contributed by atoms with Gasteiger partial charge in [-0.25, -0.2) is 4.68 Å². The number of aromatic nitrogens is 2. The third kappa shape index (κ3) is 3.36. The van der Waals surface area contributed by atoms with E-state index in [1.54, 1.807) is 16.4 Å². The van der Waals surface area contributed by atoms with Crippen LogP contribution < -0.4 is 5.32 Å². The van der Waals surface area contributed by atoms with Gasteiger partial charge in [0.2, 0.25) is 0 Å². The van der Waals surface area contributed by atoms with E-state index in [2.05, 4.69) is 10.4 Å². The first-order chi connectivity index (χ1) is 11.7. The number of amides is 1. The molecule has 0 aliphatic carbocycles. The van der Waals surface area contributed by atoms with Crippen LogP contribution in [-0.4, -0.2) is 20.6 Å². The lowest BCUT2D eigenvalue weighted by molar-refractivity contribution is -0.384. The highest BCUT2D eigenvalue weighted by Gasteiger charge is 2.29. The predicted octanol–water partition coefficient (Wildman–Crippen LogP) is 4.20. The Morgan fingerprint density at radius 2 is 2.12 bits per heavy atom. The van der Waals surface area contributed by atoms with Gasteiger partial charge in [0.05, 0.1) is 26.7 Å². The SMILES string of the molecule is CC(C)(C)n1nc2c(c1NC(=O)c1cc([N+](=O)[O-])ccc1Cl)CSC2. The Labute approximate surface area is 153 Å². The molecule has 9 heteroatoms. The fraction of sp³-hybridized carbons (Fsp3) is 0.375. The lowest BCUT2D eigenvalue weighted by atomic mass is 10.1. The largest absolute Gasteiger partial charge is 0.306 e. The van der Waals surface area contributed by atoms with Crippen molar-refractivity contribution in [1.82, 2.24) is 9.78 Å². The zero-order chi connectivity index (χ0) is 18.4. The van der Waals surface area contributed by atoms with Crippen molar-refractivity contribution in [2.45, 2.75) is 37.8 Å². The van der Waals surface area contributed by atoms with Crippen LogP contribution in [0.15, 0.2) is 18.2 Å². The summed E-state index contributed by atoms with van der Waals surface area (Å²) in [5.74, 6) is 1.71. The Hall–Kier alpha value is -2.06. The minimum Gasteiger partial charge on any atom is -0.306 e. The molecule has 0 spiro atoms. The number of nitrogens with zero attached hydrogens (tertiary/aromatic N) is 3. The van der Waals surface area contributed by atoms with Gasteiger partial charge in [0, 0.05) is 29.2 Å². The standard InChI is InChI=1S/C16H17ClN4O3S/c1-16(2,3)20-14(11-7-25-8-13(11)19-20)18-15(22)10-6-9(21(23)24)4-5-12(10)17/h4-6H,7-8H2,1-3H3,(H,18,22). The van der Waals surface area contributed by atoms with Crippen molar-refractivity contribution in [1.29, 1.82) is 0 Å². The number of nitrogens with one attached hydrogen (secondary N) is 1. The van der Waals surface area contributed by atoms with E-state index in [1.807, 2.05) is 20.8 Å². The van der Waals surface area contributed by atoms with Crippen LogP contribution in [0.5, 0.6) is 0 Å². The lowest BCUT2D eigenvalue weighted by Gasteiger charge is -2.23. The molecule has 3 rings (SSSR count). The maximum absolute atomic E-state index is 12.7. The summed E-state index contributed by atoms with van der Waals surface area (Å²) in [6, 6.07) is 3.81. The summed E-state index contributed by atoms with van der Waals surface area (Å²) in [6.45, 7) is 5.99. The van der Waals surface area contributed by atoms with Crippen LogP contribution in [-0.2, 0) is 17.0 Å². The van der Waals surface area contributed by atoms with E-state index in [1.165, 1.54) is 18.2 Å². The lowest BCUT2D eigenvalue weighted by Crippen LogP contribution is -2.27. The van der Waals surface area contributed by atoms with E-state index >= 15 is 0 Å². The van der Waals surface area contributed by atoms with Crippen LogP contribution in [0.25, 0.3) is 0 Å². The number of nitro groups is 1. The molecule has 1 amide bonds. The van der Waals surface area contributed by atoms with E-state index in [0.717, 1.165) is 22.8 Å². The molecule has 1 aromatic heterocycles. The van der Waals surface area contributed by atoms with Crippen molar-refractivity contribution in [3.63, 3.8) is 0 Å². The van der Waals surface area contributed by atoms with Crippen molar-refractivity contribution < 1.29 is 9.72 Å². The molecule has 0 fully saturated rings. The third-order valence-electron chi connectivity index (χ3n) is 3.82. The summed E-state index contributed by atoms with van der Waals surface area (Å²) in [6.07, 6.45) is 0. The fourth-order valence-electron chi connectivity index (χ4n) is 2.60. The number of carbonyl (C=O) groups excluding carboxylic acids is 1. The van der Waals surface area contributed by atoms with E-state index in [9.17, 15) is 14.9 Å². The highest BCUT2D eigenvalue weighted by molar-refractivity contribution is 7.98. The average Bonchev–Trinajstić information content (AvgIpc) is 3.09. The van der Waals surface area contributed by atoms with Crippen LogP contribution in [0, 0.1) is 10.1 Å². The number of carbonyl (C=O) groups is 1. The molecule has 0 bridgehead atoms. The Morgan fingerprint density at radius 1 is 1.40 bits per heavy atom. The minimum atomic E-state index is -0.555. The van der Waals surface area contributed by atoms with Crippen molar-refractivity contribution in [3.05, 3.63) is 50.2 Å². The highest BCUT2D eigenvalue weighted by Crippen LogP contribution is 2.37. The van der Waals surface area contributed by atoms with Crippen molar-refractivity contribution in [3.8, 4) is 0 Å². The molecule has 2 aromatic rings. The first-order valence-corrected chi connectivity index (χ1v) is 9.16. The summed E-state index contributed by atoms with van der Waals surface area (Å²) >= 11 is 7.81. The van der Waals surface area contributed by atoms with E-state index in [-0.39, 0.29) is 21.8 Å². The van der Waals surface area contributed by atoms with Gasteiger partial charge in [-0.3, -0.25) is 14.9 Å². The second-order valence-corrected chi connectivity index (χ2v) is 8.12. The zero-order valence-corrected chi connectivity index (χ0v) is 15.6. The second kappa shape index (κ2) is 6.34. The number of thioether (sulfide) groups is 1. The van der Waals surface area contributed by atoms with E-state index in [0.29, 0.717) is 5.82 Å². The Bertz CT molecular complexity index is 873. The number of hydrogen-bond donors (Lipinski definition) is 1. The quantitative estimate of drug-likeness (QED) is 0.636. The van der Waals surface area contributed by atoms with Crippen LogP contribution >= 0.6 is 23.4 Å². The average molecular weight is 381 g/mol. The topological polar surface area (TPSA) is 90.1 Å². The molecule has 0 saturated carbocycles. The van der Waals surface area contributed by atoms with Crippen molar-refractivity contribution >= 4 is 40.8 Å². The summed E-state index contributed by atoms with van der Waals surface area (Å²) in [5.41, 5.74) is 1.52. The van der Waals surface area contributed by atoms with Gasteiger partial charge in [0.25, 0.3) is 11.6 Å². The number of rotatable bonds is 3. The molecule has 132 valence electrons. The maximum atomic E-state index is 12.7. The zero-order valence-electron chi connectivity index (χ0n) is 14.0. The first kappa shape index (κ1) is 17.8. The summed E-state index contributed by atoms with van der Waals surface area (Å²) in [7, 11) is 0. The van der Waals surface area contributed by atoms with Gasteiger partial charge in [-0.05, 0) is 26.8 Å². The molecule has 0 unspecified atom stereocenters. The van der Waals surface area contributed by atoms with E-state index < -0.39 is 10.8 Å². The molecule has 0 saturated heterocycles. The molecule has 1 N–H and O–H groups in total. The third-order valence-corrected chi connectivity index (χ3v) is 5.12. The van der Waals surface area contributed by atoms with Crippen LogP contribution in [0.4, 0.5) is 11.5 Å². The summed E-state index contributed by atoms with van der Waals surface area (Å²) in [5, 5.41) is 18.6. The van der Waals surface area contributed by atoms with Crippen LogP contribution in [0.3, 0.4) is 0 Å². The van der Waals surface area contributed by atoms with Crippen molar-refractivity contribution in [2.75, 3.05) is 5.32 Å². The molecule has 2 heterocycles. The Kier molecular flexibility index (Phi) is 4.51. The number of nitro benzene ring substituents is 1. The Morgan fingerprint density at radius 3 is 2.76 bits per heavy atom. The van der Waals surface area contributed by atoms with Crippen LogP contribution in [0.2, 0.25) is 5.02 Å². The van der Waals surface area contributed by atoms with Gasteiger partial charge in [0.1, 0.15) is 5.82 Å². The molecular formula is C16H17ClN4O3S. The fourth-order valence-corrected chi connectivity index (χ4v) is 3.84. The van der Waals surface area contributed by atoms with Crippen molar-refractivity contribution in [2.24, 2.45) is 0 Å². The van der Waals surface area contributed by atoms with Gasteiger partial charge in [-0.15, -0.1) is 0 Å². The van der Waals surface area contributed by atoms with Gasteiger partial charge >= 0.3 is 0 Å². The highest BCUT2D eigenvalue weighted by atomic mass is 35.5. The number of anilines is 1. The molecule has 7 nitrogen and oxygen atoms in total. The summed E-state index contributed by atoms with van der Waals surface area (Å²) in [4.78, 5) is 23.1. The maximum Gasteiger partial charge on any atom is 0.270 e. The normalized spacial score (nSPS) is 13.6. The smallest absolute Gasteiger partial charge is 0.270 e. The molecule has 1 aliphatic heterocycles. The second-order valence-electron chi connectivity index (χ2n) is 6.72. The predicted molar refractivity (Wildman–Crippen MR) is 98.3 cm³/mol. The summed E-state index contributed by atoms with van der Waals surface area (Å²) < 4.78 is 1.79. The number of halogens is 1. The number of hydrogen-bond acceptors (Lipinski definition) is 5. The molecule has 1 aromatic carbocycles. The molecule has 0 atom stereocenters. The first-order valence-electron chi connectivity index (χ1n) is 7.63. The molecule has 25 heavy (non-hydrogen) atoms. The van der Waals surface area contributed by atoms with Gasteiger partial charge in [-0.2, -0.15) is 16.9 Å². The monoisotopic (exact) mass is 380 g/mol. The van der Waals surface area contributed by atoms with Crippen LogP contribution in [0.1, 0.15) is 42.4 Å². The number of fused-ring (bicyclic) bond motifs is 1. The molecule has 1 aliphatic rings. The van der Waals surface area contributed by atoms with Gasteiger partial charge < -0.3 is 5.32 Å². The van der Waals surface area contributed by atoms with Gasteiger partial charge in [0.15, 0.2) is 0 Å². The minimum absolute atomic E-state index is 0.0666. The van der Waals surface area contributed by atoms with Gasteiger partial charge in [-0.1, -0.05) is 11.6 Å².